The standard InChI is InChI=1S/C20H38/c1-11-16-15(6)19(9,12(2)3)20(10)14(5)13(4)17(20)18(16,7)8/h12-17H,11H2,1-10H3. The summed E-state index contributed by atoms with van der Waals surface area (Å²) in [5.74, 6) is 5.08. The lowest BCUT2D eigenvalue weighted by molar-refractivity contribution is -0.304. The van der Waals surface area contributed by atoms with E-state index in [1.807, 2.05) is 0 Å². The Labute approximate surface area is 128 Å². The molecular weight excluding hydrogens is 240 g/mol. The first-order valence-corrected chi connectivity index (χ1v) is 8.98. The van der Waals surface area contributed by atoms with Crippen molar-refractivity contribution in [3.63, 3.8) is 0 Å². The minimum atomic E-state index is 0.472. The van der Waals surface area contributed by atoms with Gasteiger partial charge in [-0.05, 0) is 51.8 Å². The van der Waals surface area contributed by atoms with Crippen molar-refractivity contribution in [2.45, 2.75) is 75.7 Å². The van der Waals surface area contributed by atoms with Gasteiger partial charge >= 0.3 is 0 Å². The van der Waals surface area contributed by atoms with Crippen molar-refractivity contribution >= 4 is 0 Å². The van der Waals surface area contributed by atoms with Gasteiger partial charge in [0.2, 0.25) is 0 Å². The molecule has 2 rings (SSSR count). The molecule has 7 atom stereocenters. The van der Waals surface area contributed by atoms with Gasteiger partial charge in [0.05, 0.1) is 0 Å². The highest BCUT2D eigenvalue weighted by molar-refractivity contribution is 5.20. The summed E-state index contributed by atoms with van der Waals surface area (Å²) in [4.78, 5) is 0. The van der Waals surface area contributed by atoms with Crippen molar-refractivity contribution in [2.75, 3.05) is 0 Å². The zero-order valence-electron chi connectivity index (χ0n) is 15.7. The van der Waals surface area contributed by atoms with Crippen molar-refractivity contribution in [2.24, 2.45) is 51.8 Å². The first-order valence-electron chi connectivity index (χ1n) is 8.98. The molecule has 20 heavy (non-hydrogen) atoms. The third-order valence-electron chi connectivity index (χ3n) is 9.01. The Balaban J connectivity index is 2.61. The fourth-order valence-electron chi connectivity index (χ4n) is 7.63. The van der Waals surface area contributed by atoms with Gasteiger partial charge in [0.1, 0.15) is 0 Å². The van der Waals surface area contributed by atoms with E-state index in [1.165, 1.54) is 6.42 Å². The van der Waals surface area contributed by atoms with E-state index < -0.39 is 0 Å². The summed E-state index contributed by atoms with van der Waals surface area (Å²) >= 11 is 0. The van der Waals surface area contributed by atoms with E-state index in [2.05, 4.69) is 69.2 Å². The number of fused-ring (bicyclic) bond motifs is 1. The maximum absolute atomic E-state index is 2.63. The Morgan fingerprint density at radius 1 is 0.900 bits per heavy atom. The Hall–Kier alpha value is 0. The first-order chi connectivity index (χ1) is 8.98. The van der Waals surface area contributed by atoms with Crippen LogP contribution in [0.3, 0.4) is 0 Å². The second-order valence-electron chi connectivity index (χ2n) is 9.47. The van der Waals surface area contributed by atoms with E-state index in [0.29, 0.717) is 16.2 Å². The largest absolute Gasteiger partial charge is 0.0651 e. The topological polar surface area (TPSA) is 0 Å². The maximum atomic E-state index is 2.63. The van der Waals surface area contributed by atoms with Crippen LogP contribution in [0.15, 0.2) is 0 Å². The number of rotatable bonds is 2. The molecule has 0 radical (unpaired) electrons. The maximum Gasteiger partial charge on any atom is -0.0202 e. The summed E-state index contributed by atoms with van der Waals surface area (Å²) in [5, 5.41) is 0. The third kappa shape index (κ3) is 1.49. The number of hydrogen-bond acceptors (Lipinski definition) is 0. The molecule has 0 aromatic heterocycles. The van der Waals surface area contributed by atoms with Crippen molar-refractivity contribution in [3.05, 3.63) is 0 Å². The molecule has 0 saturated heterocycles. The Morgan fingerprint density at radius 2 is 1.40 bits per heavy atom. The van der Waals surface area contributed by atoms with Crippen LogP contribution in [0, 0.1) is 51.8 Å². The van der Waals surface area contributed by atoms with Gasteiger partial charge in [0, 0.05) is 0 Å². The van der Waals surface area contributed by atoms with Gasteiger partial charge in [-0.1, -0.05) is 75.7 Å². The average Bonchev–Trinajstić information content (AvgIpc) is 2.35. The van der Waals surface area contributed by atoms with E-state index >= 15 is 0 Å². The van der Waals surface area contributed by atoms with Gasteiger partial charge in [0.15, 0.2) is 0 Å². The molecule has 0 aromatic rings. The minimum absolute atomic E-state index is 0.472. The highest BCUT2D eigenvalue weighted by Crippen LogP contribution is 2.78. The zero-order chi connectivity index (χ0) is 15.7. The minimum Gasteiger partial charge on any atom is -0.0651 e. The van der Waals surface area contributed by atoms with Gasteiger partial charge in [-0.15, -0.1) is 0 Å². The molecule has 0 heterocycles. The molecule has 2 fully saturated rings. The summed E-state index contributed by atoms with van der Waals surface area (Å²) in [6.45, 7) is 25.4. The van der Waals surface area contributed by atoms with E-state index in [9.17, 15) is 0 Å². The lowest BCUT2D eigenvalue weighted by Gasteiger charge is -2.78. The summed E-state index contributed by atoms with van der Waals surface area (Å²) in [6, 6.07) is 0. The zero-order valence-corrected chi connectivity index (χ0v) is 15.7. The van der Waals surface area contributed by atoms with Gasteiger partial charge in [-0.25, -0.2) is 0 Å². The van der Waals surface area contributed by atoms with E-state index in [-0.39, 0.29) is 0 Å². The predicted octanol–water partition coefficient (Wildman–Crippen LogP) is 6.26. The molecule has 118 valence electrons. The van der Waals surface area contributed by atoms with Crippen LogP contribution in [0.25, 0.3) is 0 Å². The van der Waals surface area contributed by atoms with Gasteiger partial charge < -0.3 is 0 Å². The third-order valence-corrected chi connectivity index (χ3v) is 9.01. The average molecular weight is 279 g/mol. The summed E-state index contributed by atoms with van der Waals surface area (Å²) in [7, 11) is 0. The van der Waals surface area contributed by atoms with Crippen LogP contribution in [0.4, 0.5) is 0 Å². The molecule has 7 unspecified atom stereocenters. The Bertz CT molecular complexity index is 379. The monoisotopic (exact) mass is 278 g/mol. The van der Waals surface area contributed by atoms with Crippen LogP contribution in [0.5, 0.6) is 0 Å². The molecule has 0 nitrogen and oxygen atoms in total. The molecule has 2 aliphatic carbocycles. The fraction of sp³-hybridized carbons (Fsp3) is 1.00. The normalized spacial score (nSPS) is 54.5. The molecule has 2 aliphatic rings. The van der Waals surface area contributed by atoms with Crippen molar-refractivity contribution < 1.29 is 0 Å². The van der Waals surface area contributed by atoms with E-state index in [4.69, 9.17) is 0 Å². The Morgan fingerprint density at radius 3 is 1.80 bits per heavy atom. The summed E-state index contributed by atoms with van der Waals surface area (Å²) < 4.78 is 0. The van der Waals surface area contributed by atoms with Crippen LogP contribution >= 0.6 is 0 Å². The van der Waals surface area contributed by atoms with Crippen LogP contribution in [0.2, 0.25) is 0 Å². The van der Waals surface area contributed by atoms with Crippen molar-refractivity contribution in [1.29, 1.82) is 0 Å². The number of hydrogen-bond donors (Lipinski definition) is 0. The predicted molar refractivity (Wildman–Crippen MR) is 89.6 cm³/mol. The molecule has 0 aliphatic heterocycles. The lowest BCUT2D eigenvalue weighted by atomic mass is 9.27. The molecule has 0 N–H and O–H groups in total. The second-order valence-corrected chi connectivity index (χ2v) is 9.47. The quantitative estimate of drug-likeness (QED) is 0.559. The van der Waals surface area contributed by atoms with Crippen LogP contribution in [-0.2, 0) is 0 Å². The molecular formula is C20H38. The van der Waals surface area contributed by atoms with Crippen LogP contribution in [-0.4, -0.2) is 0 Å². The Kier molecular flexibility index (Phi) is 3.68. The molecule has 0 amide bonds. The van der Waals surface area contributed by atoms with Crippen molar-refractivity contribution in [3.8, 4) is 0 Å². The van der Waals surface area contributed by atoms with E-state index in [0.717, 1.165) is 35.5 Å². The van der Waals surface area contributed by atoms with Crippen LogP contribution < -0.4 is 0 Å². The van der Waals surface area contributed by atoms with Gasteiger partial charge in [-0.3, -0.25) is 0 Å². The van der Waals surface area contributed by atoms with Crippen LogP contribution in [0.1, 0.15) is 75.7 Å². The van der Waals surface area contributed by atoms with Crippen molar-refractivity contribution in [1.82, 2.24) is 0 Å². The highest BCUT2D eigenvalue weighted by Gasteiger charge is 2.73. The molecule has 0 heteroatoms. The second kappa shape index (κ2) is 4.50. The SMILES string of the molecule is CCC1C(C)C(C)(C(C)C)C2(C)C(C)C(C)C2C1(C)C. The van der Waals surface area contributed by atoms with E-state index in [1.54, 1.807) is 0 Å². The summed E-state index contributed by atoms with van der Waals surface area (Å²) in [5.41, 5.74) is 1.47. The van der Waals surface area contributed by atoms with Gasteiger partial charge in [-0.2, -0.15) is 0 Å². The fourth-order valence-corrected chi connectivity index (χ4v) is 7.63. The molecule has 0 aromatic carbocycles. The molecule has 0 spiro atoms. The highest BCUT2D eigenvalue weighted by atomic mass is 14.8. The lowest BCUT2D eigenvalue weighted by Crippen LogP contribution is -2.73. The summed E-state index contributed by atoms with van der Waals surface area (Å²) in [6.07, 6.45) is 1.34. The van der Waals surface area contributed by atoms with Gasteiger partial charge in [0.25, 0.3) is 0 Å². The molecule has 2 saturated carbocycles. The molecule has 0 bridgehead atoms. The smallest absolute Gasteiger partial charge is 0.0202 e. The first kappa shape index (κ1) is 16.4.